The Labute approximate surface area is 105 Å². The molecular weight excluding hydrogens is 234 g/mol. The van der Waals surface area contributed by atoms with E-state index >= 15 is 0 Å². The highest BCUT2D eigenvalue weighted by Gasteiger charge is 2.09. The van der Waals surface area contributed by atoms with E-state index in [1.807, 2.05) is 27.8 Å². The van der Waals surface area contributed by atoms with Crippen LogP contribution in [0.25, 0.3) is 0 Å². The van der Waals surface area contributed by atoms with Crippen molar-refractivity contribution in [2.24, 2.45) is 0 Å². The van der Waals surface area contributed by atoms with E-state index in [2.05, 4.69) is 20.2 Å². The fourth-order valence-electron chi connectivity index (χ4n) is 1.65. The molecule has 0 bridgehead atoms. The lowest BCUT2D eigenvalue weighted by molar-refractivity contribution is 0.276. The Balaban J connectivity index is 1.95. The number of aromatic nitrogens is 2. The van der Waals surface area contributed by atoms with Gasteiger partial charge in [0.1, 0.15) is 5.76 Å². The molecule has 2 heterocycles. The van der Waals surface area contributed by atoms with Crippen LogP contribution in [0.3, 0.4) is 0 Å². The maximum Gasteiger partial charge on any atom is 0.208 e. The van der Waals surface area contributed by atoms with Gasteiger partial charge in [-0.2, -0.15) is 0 Å². The van der Waals surface area contributed by atoms with E-state index in [-0.39, 0.29) is 0 Å². The van der Waals surface area contributed by atoms with Gasteiger partial charge in [0, 0.05) is 11.9 Å². The van der Waals surface area contributed by atoms with Crippen molar-refractivity contribution in [1.29, 1.82) is 0 Å². The van der Waals surface area contributed by atoms with Crippen LogP contribution < -0.4 is 0 Å². The molecule has 2 aromatic heterocycles. The predicted molar refractivity (Wildman–Crippen MR) is 68.0 cm³/mol. The van der Waals surface area contributed by atoms with Crippen LogP contribution in [0.2, 0.25) is 0 Å². The minimum absolute atomic E-state index is 0.714. The molecule has 0 saturated carbocycles. The molecule has 17 heavy (non-hydrogen) atoms. The third kappa shape index (κ3) is 3.14. The molecule has 0 radical (unpaired) electrons. The summed E-state index contributed by atoms with van der Waals surface area (Å²) in [5.74, 6) is 1.67. The molecule has 0 aliphatic rings. The van der Waals surface area contributed by atoms with Crippen molar-refractivity contribution in [1.82, 2.24) is 14.9 Å². The van der Waals surface area contributed by atoms with Crippen LogP contribution >= 0.6 is 11.3 Å². The van der Waals surface area contributed by atoms with Gasteiger partial charge >= 0.3 is 0 Å². The minimum Gasteiger partial charge on any atom is -0.444 e. The van der Waals surface area contributed by atoms with Crippen molar-refractivity contribution >= 4 is 11.3 Å². The smallest absolute Gasteiger partial charge is 0.208 e. The summed E-state index contributed by atoms with van der Waals surface area (Å²) in [7, 11) is 2.05. The Morgan fingerprint density at radius 3 is 2.53 bits per heavy atom. The summed E-state index contributed by atoms with van der Waals surface area (Å²) in [6.07, 6.45) is 0. The third-order valence-electron chi connectivity index (χ3n) is 2.58. The topological polar surface area (TPSA) is 42.2 Å². The van der Waals surface area contributed by atoms with Gasteiger partial charge in [-0.3, -0.25) is 4.90 Å². The van der Waals surface area contributed by atoms with Crippen molar-refractivity contribution in [3.8, 4) is 0 Å². The molecule has 0 atom stereocenters. The number of thiazole rings is 1. The van der Waals surface area contributed by atoms with Crippen molar-refractivity contribution < 1.29 is 4.42 Å². The Hall–Kier alpha value is -1.20. The van der Waals surface area contributed by atoms with Gasteiger partial charge in [-0.15, -0.1) is 11.3 Å². The van der Waals surface area contributed by atoms with Crippen LogP contribution in [0.5, 0.6) is 0 Å². The van der Waals surface area contributed by atoms with Gasteiger partial charge in [0.25, 0.3) is 0 Å². The molecule has 0 unspecified atom stereocenters. The zero-order valence-electron chi connectivity index (χ0n) is 10.6. The van der Waals surface area contributed by atoms with E-state index in [9.17, 15) is 0 Å². The van der Waals surface area contributed by atoms with Gasteiger partial charge in [-0.25, -0.2) is 9.97 Å². The molecule has 0 amide bonds. The number of hydrogen-bond donors (Lipinski definition) is 0. The number of oxazole rings is 1. The fourth-order valence-corrected chi connectivity index (χ4v) is 2.25. The first-order valence-corrected chi connectivity index (χ1v) is 6.45. The molecular formula is C12H17N3OS. The lowest BCUT2D eigenvalue weighted by atomic mass is 10.4. The molecule has 5 heteroatoms. The second-order valence-corrected chi connectivity index (χ2v) is 5.34. The van der Waals surface area contributed by atoms with Gasteiger partial charge in [-0.1, -0.05) is 0 Å². The molecule has 0 aliphatic carbocycles. The minimum atomic E-state index is 0.714. The lowest BCUT2D eigenvalue weighted by Crippen LogP contribution is -2.17. The summed E-state index contributed by atoms with van der Waals surface area (Å²) in [4.78, 5) is 11.0. The average Bonchev–Trinajstić information content (AvgIpc) is 2.75. The van der Waals surface area contributed by atoms with Gasteiger partial charge in [0.2, 0.25) is 5.89 Å². The van der Waals surface area contributed by atoms with Gasteiger partial charge in [-0.05, 0) is 27.8 Å². The molecule has 2 aromatic rings. The zero-order chi connectivity index (χ0) is 12.4. The van der Waals surface area contributed by atoms with E-state index in [1.54, 1.807) is 11.3 Å². The average molecular weight is 251 g/mol. The third-order valence-corrected chi connectivity index (χ3v) is 3.40. The Kier molecular flexibility index (Phi) is 3.59. The van der Waals surface area contributed by atoms with Crippen molar-refractivity contribution in [2.75, 3.05) is 7.05 Å². The Bertz CT molecular complexity index is 484. The largest absolute Gasteiger partial charge is 0.444 e. The highest BCUT2D eigenvalue weighted by molar-refractivity contribution is 7.09. The van der Waals surface area contributed by atoms with E-state index in [1.165, 1.54) is 0 Å². The molecule has 0 aromatic carbocycles. The molecule has 0 N–H and O–H groups in total. The quantitative estimate of drug-likeness (QED) is 0.838. The van der Waals surface area contributed by atoms with E-state index < -0.39 is 0 Å². The molecule has 2 rings (SSSR count). The van der Waals surface area contributed by atoms with Crippen molar-refractivity contribution in [3.05, 3.63) is 33.4 Å². The summed E-state index contributed by atoms with van der Waals surface area (Å²) in [6, 6.07) is 0. The second kappa shape index (κ2) is 4.98. The van der Waals surface area contributed by atoms with Crippen LogP contribution in [-0.2, 0) is 13.1 Å². The predicted octanol–water partition coefficient (Wildman–Crippen LogP) is 2.69. The first-order chi connectivity index (χ1) is 8.04. The van der Waals surface area contributed by atoms with Crippen LogP contribution in [-0.4, -0.2) is 21.9 Å². The van der Waals surface area contributed by atoms with Gasteiger partial charge < -0.3 is 4.42 Å². The number of hydrogen-bond acceptors (Lipinski definition) is 5. The standard InChI is InChI=1S/C12H17N3OS/c1-8-9(2)16-12(13-8)6-15(4)5-11-7-17-10(3)14-11/h7H,5-6H2,1-4H3. The van der Waals surface area contributed by atoms with Crippen LogP contribution in [0.4, 0.5) is 0 Å². The highest BCUT2D eigenvalue weighted by Crippen LogP contribution is 2.13. The monoisotopic (exact) mass is 251 g/mol. The number of nitrogens with zero attached hydrogens (tertiary/aromatic N) is 3. The molecule has 0 saturated heterocycles. The molecule has 0 aliphatic heterocycles. The SMILES string of the molecule is Cc1nc(CN(C)Cc2nc(C)c(C)o2)cs1. The second-order valence-electron chi connectivity index (χ2n) is 4.28. The fraction of sp³-hybridized carbons (Fsp3) is 0.500. The molecule has 0 fully saturated rings. The summed E-state index contributed by atoms with van der Waals surface area (Å²) in [5.41, 5.74) is 2.08. The van der Waals surface area contributed by atoms with E-state index in [4.69, 9.17) is 4.42 Å². The van der Waals surface area contributed by atoms with E-state index in [0.29, 0.717) is 6.54 Å². The zero-order valence-corrected chi connectivity index (χ0v) is 11.5. The van der Waals surface area contributed by atoms with Crippen molar-refractivity contribution in [3.63, 3.8) is 0 Å². The highest BCUT2D eigenvalue weighted by atomic mass is 32.1. The van der Waals surface area contributed by atoms with Crippen LogP contribution in [0.15, 0.2) is 9.80 Å². The summed E-state index contributed by atoms with van der Waals surface area (Å²) in [5, 5.41) is 3.20. The maximum atomic E-state index is 5.56. The lowest BCUT2D eigenvalue weighted by Gasteiger charge is -2.12. The molecule has 92 valence electrons. The van der Waals surface area contributed by atoms with Gasteiger partial charge in [0.05, 0.1) is 22.9 Å². The Morgan fingerprint density at radius 2 is 2.00 bits per heavy atom. The summed E-state index contributed by atoms with van der Waals surface area (Å²) >= 11 is 1.68. The molecule has 4 nitrogen and oxygen atoms in total. The van der Waals surface area contributed by atoms with Gasteiger partial charge in [0.15, 0.2) is 0 Å². The first kappa shape index (κ1) is 12.3. The number of aryl methyl sites for hydroxylation is 3. The van der Waals surface area contributed by atoms with E-state index in [0.717, 1.165) is 34.6 Å². The van der Waals surface area contributed by atoms with Crippen molar-refractivity contribution in [2.45, 2.75) is 33.9 Å². The summed E-state index contributed by atoms with van der Waals surface area (Å²) < 4.78 is 5.56. The maximum absolute atomic E-state index is 5.56. The first-order valence-electron chi connectivity index (χ1n) is 5.57. The molecule has 0 spiro atoms. The van der Waals surface area contributed by atoms with Crippen LogP contribution in [0.1, 0.15) is 28.0 Å². The Morgan fingerprint density at radius 1 is 1.24 bits per heavy atom. The number of rotatable bonds is 4. The summed E-state index contributed by atoms with van der Waals surface area (Å²) in [6.45, 7) is 7.47. The normalized spacial score (nSPS) is 11.4. The van der Waals surface area contributed by atoms with Crippen LogP contribution in [0, 0.1) is 20.8 Å².